The van der Waals surface area contributed by atoms with E-state index >= 15 is 0 Å². The van der Waals surface area contributed by atoms with Crippen LogP contribution in [0.5, 0.6) is 0 Å². The monoisotopic (exact) mass is 365 g/mol. The fourth-order valence-electron chi connectivity index (χ4n) is 3.06. The maximum atomic E-state index is 12.4. The lowest BCUT2D eigenvalue weighted by Gasteiger charge is -2.15. The zero-order valence-corrected chi connectivity index (χ0v) is 15.4. The summed E-state index contributed by atoms with van der Waals surface area (Å²) in [7, 11) is 0. The van der Waals surface area contributed by atoms with Crippen LogP contribution in [0, 0.1) is 20.8 Å². The number of rotatable bonds is 5. The summed E-state index contributed by atoms with van der Waals surface area (Å²) in [6.45, 7) is 4.86. The Labute approximate surface area is 156 Å². The third kappa shape index (κ3) is 3.51. The van der Waals surface area contributed by atoms with Gasteiger partial charge in [-0.1, -0.05) is 18.2 Å². The Morgan fingerprint density at radius 1 is 0.963 bits per heavy atom. The molecule has 6 nitrogen and oxygen atoms in total. The number of aryl methyl sites for hydroxylation is 3. The van der Waals surface area contributed by atoms with Crippen LogP contribution in [0.3, 0.4) is 0 Å². The van der Waals surface area contributed by atoms with Crippen molar-refractivity contribution in [2.75, 3.05) is 18.1 Å². The Hall–Kier alpha value is -3.28. The Balaban J connectivity index is 1.66. The first-order valence-electron chi connectivity index (χ1n) is 8.51. The average Bonchev–Trinajstić information content (AvgIpc) is 2.88. The quantitative estimate of drug-likeness (QED) is 0.462. The molecule has 0 atom stereocenters. The van der Waals surface area contributed by atoms with Gasteiger partial charge in [0.2, 0.25) is 5.78 Å². The molecule has 0 N–H and O–H groups in total. The van der Waals surface area contributed by atoms with Gasteiger partial charge in [-0.2, -0.15) is 0 Å². The van der Waals surface area contributed by atoms with Crippen molar-refractivity contribution in [3.05, 3.63) is 64.2 Å². The Morgan fingerprint density at radius 2 is 1.63 bits per heavy atom. The lowest BCUT2D eigenvalue weighted by molar-refractivity contribution is -0.141. The predicted octanol–water partition coefficient (Wildman–Crippen LogP) is 2.57. The Kier molecular flexibility index (Phi) is 4.90. The lowest BCUT2D eigenvalue weighted by Crippen LogP contribution is -2.36. The van der Waals surface area contributed by atoms with E-state index in [-0.39, 0.29) is 11.3 Å². The number of ether oxygens (including phenoxy) is 1. The summed E-state index contributed by atoms with van der Waals surface area (Å²) in [4.78, 5) is 49.6. The third-order valence-electron chi connectivity index (χ3n) is 4.67. The van der Waals surface area contributed by atoms with Gasteiger partial charge in [0.1, 0.15) is 6.54 Å². The molecule has 0 saturated carbocycles. The van der Waals surface area contributed by atoms with Crippen molar-refractivity contribution in [3.63, 3.8) is 0 Å². The summed E-state index contributed by atoms with van der Waals surface area (Å²) in [5, 5.41) is 0. The van der Waals surface area contributed by atoms with Crippen LogP contribution < -0.4 is 4.90 Å². The molecule has 1 aliphatic rings. The second kappa shape index (κ2) is 7.15. The lowest BCUT2D eigenvalue weighted by atomic mass is 9.98. The number of nitrogens with zero attached hydrogens (tertiary/aromatic N) is 1. The number of ketones is 2. The molecule has 0 fully saturated rings. The standard InChI is InChI=1S/C21H19NO5/c1-12-8-14(3)16(9-13(12)2)18(23)11-27-19(24)10-22-17-7-5-4-6-15(17)20(25)21(22)26/h4-9H,10-11H2,1-3H3. The van der Waals surface area contributed by atoms with Gasteiger partial charge in [-0.05, 0) is 55.7 Å². The molecule has 6 heteroatoms. The van der Waals surface area contributed by atoms with Gasteiger partial charge in [0.25, 0.3) is 11.7 Å². The van der Waals surface area contributed by atoms with E-state index in [1.165, 1.54) is 6.07 Å². The van der Waals surface area contributed by atoms with E-state index in [9.17, 15) is 19.2 Å². The summed E-state index contributed by atoms with van der Waals surface area (Å²) in [5.41, 5.74) is 4.01. The highest BCUT2D eigenvalue weighted by atomic mass is 16.5. The molecular weight excluding hydrogens is 346 g/mol. The molecule has 0 radical (unpaired) electrons. The zero-order chi connectivity index (χ0) is 19.7. The second-order valence-corrected chi connectivity index (χ2v) is 6.57. The minimum Gasteiger partial charge on any atom is -0.456 e. The molecular formula is C21H19NO5. The topological polar surface area (TPSA) is 80.8 Å². The molecule has 0 aliphatic carbocycles. The molecule has 2 aromatic rings. The van der Waals surface area contributed by atoms with Crippen LogP contribution in [0.1, 0.15) is 37.4 Å². The largest absolute Gasteiger partial charge is 0.456 e. The van der Waals surface area contributed by atoms with Crippen LogP contribution in [0.2, 0.25) is 0 Å². The Bertz CT molecular complexity index is 977. The van der Waals surface area contributed by atoms with E-state index in [0.717, 1.165) is 21.6 Å². The SMILES string of the molecule is Cc1cc(C)c(C(=O)COC(=O)CN2C(=O)C(=O)c3ccccc32)cc1C. The van der Waals surface area contributed by atoms with E-state index in [0.29, 0.717) is 11.3 Å². The maximum Gasteiger partial charge on any atom is 0.326 e. The summed E-state index contributed by atoms with van der Waals surface area (Å²) < 4.78 is 5.05. The molecule has 0 unspecified atom stereocenters. The molecule has 138 valence electrons. The van der Waals surface area contributed by atoms with E-state index in [4.69, 9.17) is 4.74 Å². The molecule has 0 bridgehead atoms. The van der Waals surface area contributed by atoms with Gasteiger partial charge in [0.05, 0.1) is 11.3 Å². The number of anilines is 1. The fourth-order valence-corrected chi connectivity index (χ4v) is 3.06. The molecule has 0 spiro atoms. The van der Waals surface area contributed by atoms with Crippen LogP contribution in [0.4, 0.5) is 5.69 Å². The molecule has 0 saturated heterocycles. The number of fused-ring (bicyclic) bond motifs is 1. The number of amides is 1. The molecule has 0 aromatic heterocycles. The number of esters is 1. The van der Waals surface area contributed by atoms with Crippen molar-refractivity contribution in [2.24, 2.45) is 0 Å². The van der Waals surface area contributed by atoms with Gasteiger partial charge in [0, 0.05) is 5.56 Å². The molecule has 1 aliphatic heterocycles. The number of hydrogen-bond donors (Lipinski definition) is 0. The zero-order valence-electron chi connectivity index (χ0n) is 15.4. The maximum absolute atomic E-state index is 12.4. The van der Waals surface area contributed by atoms with Gasteiger partial charge in [0.15, 0.2) is 6.61 Å². The minimum absolute atomic E-state index is 0.261. The van der Waals surface area contributed by atoms with E-state index in [1.807, 2.05) is 26.8 Å². The first kappa shape index (κ1) is 18.5. The highest BCUT2D eigenvalue weighted by Gasteiger charge is 2.36. The fraction of sp³-hybridized carbons (Fsp3) is 0.238. The van der Waals surface area contributed by atoms with Crippen LogP contribution in [-0.2, 0) is 14.3 Å². The van der Waals surface area contributed by atoms with Gasteiger partial charge in [-0.15, -0.1) is 0 Å². The van der Waals surface area contributed by atoms with Crippen molar-refractivity contribution in [1.29, 1.82) is 0 Å². The summed E-state index contributed by atoms with van der Waals surface area (Å²) >= 11 is 0. The van der Waals surface area contributed by atoms with Crippen LogP contribution in [0.25, 0.3) is 0 Å². The molecule has 2 aromatic carbocycles. The normalized spacial score (nSPS) is 12.9. The number of carbonyl (C=O) groups excluding carboxylic acids is 4. The van der Waals surface area contributed by atoms with Crippen LogP contribution >= 0.6 is 0 Å². The summed E-state index contributed by atoms with van der Waals surface area (Å²) in [5.74, 6) is -2.49. The van der Waals surface area contributed by atoms with Gasteiger partial charge < -0.3 is 4.74 Å². The minimum atomic E-state index is -0.774. The predicted molar refractivity (Wildman–Crippen MR) is 99.1 cm³/mol. The molecule has 3 rings (SSSR count). The van der Waals surface area contributed by atoms with Crippen molar-refractivity contribution < 1.29 is 23.9 Å². The summed E-state index contributed by atoms with van der Waals surface area (Å²) in [6.07, 6.45) is 0. The Morgan fingerprint density at radius 3 is 2.37 bits per heavy atom. The first-order chi connectivity index (χ1) is 12.8. The average molecular weight is 365 g/mol. The van der Waals surface area contributed by atoms with Crippen LogP contribution in [0.15, 0.2) is 36.4 Å². The third-order valence-corrected chi connectivity index (χ3v) is 4.67. The number of carbonyl (C=O) groups is 4. The first-order valence-corrected chi connectivity index (χ1v) is 8.51. The molecule has 1 heterocycles. The molecule has 27 heavy (non-hydrogen) atoms. The highest BCUT2D eigenvalue weighted by molar-refractivity contribution is 6.52. The van der Waals surface area contributed by atoms with Crippen molar-refractivity contribution in [1.82, 2.24) is 0 Å². The number of benzene rings is 2. The van der Waals surface area contributed by atoms with E-state index in [2.05, 4.69) is 0 Å². The second-order valence-electron chi connectivity index (χ2n) is 6.57. The van der Waals surface area contributed by atoms with Crippen molar-refractivity contribution >= 4 is 29.1 Å². The van der Waals surface area contributed by atoms with Crippen molar-refractivity contribution in [2.45, 2.75) is 20.8 Å². The van der Waals surface area contributed by atoms with Gasteiger partial charge >= 0.3 is 5.97 Å². The smallest absolute Gasteiger partial charge is 0.326 e. The van der Waals surface area contributed by atoms with Gasteiger partial charge in [-0.25, -0.2) is 0 Å². The number of para-hydroxylation sites is 1. The van der Waals surface area contributed by atoms with Gasteiger partial charge in [-0.3, -0.25) is 24.1 Å². The van der Waals surface area contributed by atoms with Crippen LogP contribution in [-0.4, -0.2) is 36.6 Å². The molecule has 1 amide bonds. The number of Topliss-reactive ketones (excluding diaryl/α,β-unsaturated/α-hetero) is 2. The van der Waals surface area contributed by atoms with E-state index < -0.39 is 30.8 Å². The highest BCUT2D eigenvalue weighted by Crippen LogP contribution is 2.28. The number of hydrogen-bond acceptors (Lipinski definition) is 5. The summed E-state index contributed by atoms with van der Waals surface area (Å²) in [6, 6.07) is 10.1. The van der Waals surface area contributed by atoms with Crippen molar-refractivity contribution in [3.8, 4) is 0 Å². The van der Waals surface area contributed by atoms with E-state index in [1.54, 1.807) is 24.3 Å².